The number of fused-ring (bicyclic) bond motifs is 1. The lowest BCUT2D eigenvalue weighted by Crippen LogP contribution is -2.47. The fraction of sp³-hybridized carbons (Fsp3) is 0.333. The number of hydrogen-bond acceptors (Lipinski definition) is 6. The second-order valence-corrected chi connectivity index (χ2v) is 8.61. The first kappa shape index (κ1) is 19.9. The molecule has 0 unspecified atom stereocenters. The lowest BCUT2D eigenvalue weighted by Gasteiger charge is -2.36. The van der Waals surface area contributed by atoms with E-state index in [1.165, 1.54) is 0 Å². The van der Waals surface area contributed by atoms with Crippen molar-refractivity contribution in [2.45, 2.75) is 25.7 Å². The molecule has 1 aliphatic carbocycles. The Labute approximate surface area is 186 Å². The Morgan fingerprint density at radius 3 is 2.39 bits per heavy atom. The van der Waals surface area contributed by atoms with Crippen LogP contribution in [0.2, 0.25) is 5.02 Å². The van der Waals surface area contributed by atoms with Gasteiger partial charge in [0, 0.05) is 43.8 Å². The lowest BCUT2D eigenvalue weighted by molar-refractivity contribution is 0.0962. The van der Waals surface area contributed by atoms with Gasteiger partial charge in [-0.25, -0.2) is 15.0 Å². The van der Waals surface area contributed by atoms with Crippen LogP contribution in [0.5, 0.6) is 0 Å². The van der Waals surface area contributed by atoms with E-state index < -0.39 is 0 Å². The van der Waals surface area contributed by atoms with Gasteiger partial charge in [0.15, 0.2) is 5.78 Å². The summed E-state index contributed by atoms with van der Waals surface area (Å²) in [7, 11) is 0. The molecule has 2 aromatic heterocycles. The molecule has 5 rings (SSSR count). The molecule has 0 spiro atoms. The van der Waals surface area contributed by atoms with Crippen molar-refractivity contribution in [2.75, 3.05) is 36.0 Å². The van der Waals surface area contributed by atoms with Crippen molar-refractivity contribution < 1.29 is 4.79 Å². The molecule has 2 aliphatic rings. The Hall–Kier alpha value is -2.99. The van der Waals surface area contributed by atoms with E-state index in [1.54, 1.807) is 0 Å². The Morgan fingerprint density at radius 2 is 1.68 bits per heavy atom. The fourth-order valence-electron chi connectivity index (χ4n) is 4.55. The van der Waals surface area contributed by atoms with E-state index in [1.807, 2.05) is 55.6 Å². The highest BCUT2D eigenvalue weighted by atomic mass is 35.5. The number of aryl methyl sites for hydroxylation is 1. The van der Waals surface area contributed by atoms with Gasteiger partial charge in [-0.3, -0.25) is 4.79 Å². The van der Waals surface area contributed by atoms with E-state index >= 15 is 0 Å². The monoisotopic (exact) mass is 433 g/mol. The van der Waals surface area contributed by atoms with Crippen molar-refractivity contribution in [3.63, 3.8) is 0 Å². The molecule has 1 fully saturated rings. The minimum absolute atomic E-state index is 0.125. The number of pyridine rings is 1. The minimum Gasteiger partial charge on any atom is -0.353 e. The summed E-state index contributed by atoms with van der Waals surface area (Å²) in [4.78, 5) is 31.4. The van der Waals surface area contributed by atoms with Crippen LogP contribution in [-0.4, -0.2) is 46.9 Å². The van der Waals surface area contributed by atoms with Crippen molar-refractivity contribution in [2.24, 2.45) is 0 Å². The molecule has 0 bridgehead atoms. The van der Waals surface area contributed by atoms with E-state index in [9.17, 15) is 4.79 Å². The van der Waals surface area contributed by atoms with Gasteiger partial charge in [-0.05, 0) is 49.1 Å². The Kier molecular flexibility index (Phi) is 5.32. The van der Waals surface area contributed by atoms with Crippen LogP contribution in [0.15, 0.2) is 48.7 Å². The van der Waals surface area contributed by atoms with E-state index in [4.69, 9.17) is 21.6 Å². The molecular formula is C24H24ClN5O. The lowest BCUT2D eigenvalue weighted by atomic mass is 9.81. The first-order chi connectivity index (χ1) is 15.1. The zero-order valence-electron chi connectivity index (χ0n) is 17.5. The number of nitrogens with zero attached hydrogens (tertiary/aromatic N) is 5. The van der Waals surface area contributed by atoms with Crippen molar-refractivity contribution >= 4 is 29.2 Å². The molecule has 0 amide bonds. The number of halogens is 1. The van der Waals surface area contributed by atoms with Crippen LogP contribution >= 0.6 is 11.6 Å². The number of rotatable bonds is 3. The molecule has 0 saturated carbocycles. The highest BCUT2D eigenvalue weighted by molar-refractivity contribution is 6.30. The Balaban J connectivity index is 1.36. The molecule has 31 heavy (non-hydrogen) atoms. The number of benzene rings is 1. The SMILES string of the molecule is Cc1nc(N2CCN(c3ccccn3)CC2)nc2c1C(=O)C[C@@H](c1ccc(Cl)cc1)C2. The average molecular weight is 434 g/mol. The van der Waals surface area contributed by atoms with Crippen LogP contribution in [0.25, 0.3) is 0 Å². The molecule has 0 N–H and O–H groups in total. The zero-order chi connectivity index (χ0) is 21.4. The maximum Gasteiger partial charge on any atom is 0.225 e. The number of carbonyl (C=O) groups is 1. The largest absolute Gasteiger partial charge is 0.353 e. The quantitative estimate of drug-likeness (QED) is 0.620. The molecule has 3 heterocycles. The van der Waals surface area contributed by atoms with E-state index in [0.717, 1.165) is 61.3 Å². The molecule has 3 aromatic rings. The van der Waals surface area contributed by atoms with Crippen LogP contribution in [0.1, 0.15) is 39.6 Å². The van der Waals surface area contributed by atoms with Crippen molar-refractivity contribution in [3.8, 4) is 0 Å². The number of Topliss-reactive ketones (excluding diaryl/α,β-unsaturated/α-hetero) is 1. The van der Waals surface area contributed by atoms with Crippen molar-refractivity contribution in [1.29, 1.82) is 0 Å². The van der Waals surface area contributed by atoms with Crippen LogP contribution in [0, 0.1) is 6.92 Å². The van der Waals surface area contributed by atoms with Gasteiger partial charge in [-0.1, -0.05) is 29.8 Å². The van der Waals surface area contributed by atoms with Gasteiger partial charge in [-0.15, -0.1) is 0 Å². The Morgan fingerprint density at radius 1 is 0.935 bits per heavy atom. The molecule has 7 heteroatoms. The first-order valence-electron chi connectivity index (χ1n) is 10.7. The third kappa shape index (κ3) is 4.00. The molecule has 6 nitrogen and oxygen atoms in total. The maximum atomic E-state index is 12.9. The van der Waals surface area contributed by atoms with Gasteiger partial charge in [0.1, 0.15) is 5.82 Å². The van der Waals surface area contributed by atoms with Crippen molar-refractivity contribution in [3.05, 3.63) is 76.2 Å². The summed E-state index contributed by atoms with van der Waals surface area (Å²) >= 11 is 6.04. The predicted octanol–water partition coefficient (Wildman–Crippen LogP) is 4.07. The summed E-state index contributed by atoms with van der Waals surface area (Å²) < 4.78 is 0. The number of ketones is 1. The third-order valence-electron chi connectivity index (χ3n) is 6.18. The second-order valence-electron chi connectivity index (χ2n) is 8.17. The minimum atomic E-state index is 0.125. The fourth-order valence-corrected chi connectivity index (χ4v) is 4.67. The Bertz CT molecular complexity index is 1090. The number of aromatic nitrogens is 3. The molecule has 1 aliphatic heterocycles. The first-order valence-corrected chi connectivity index (χ1v) is 11.0. The smallest absolute Gasteiger partial charge is 0.225 e. The summed E-state index contributed by atoms with van der Waals surface area (Å²) in [6, 6.07) is 13.8. The van der Waals surface area contributed by atoms with Gasteiger partial charge >= 0.3 is 0 Å². The number of carbonyl (C=O) groups excluding carboxylic acids is 1. The highest BCUT2D eigenvalue weighted by Gasteiger charge is 2.31. The van der Waals surface area contributed by atoms with Gasteiger partial charge in [0.25, 0.3) is 0 Å². The predicted molar refractivity (Wildman–Crippen MR) is 122 cm³/mol. The van der Waals surface area contributed by atoms with Gasteiger partial charge < -0.3 is 9.80 Å². The van der Waals surface area contributed by atoms with Gasteiger partial charge in [0.2, 0.25) is 5.95 Å². The third-order valence-corrected chi connectivity index (χ3v) is 6.43. The molecular weight excluding hydrogens is 410 g/mol. The van der Waals surface area contributed by atoms with E-state index in [-0.39, 0.29) is 11.7 Å². The molecule has 1 aromatic carbocycles. The highest BCUT2D eigenvalue weighted by Crippen LogP contribution is 2.34. The summed E-state index contributed by atoms with van der Waals surface area (Å²) in [5.41, 5.74) is 3.49. The second kappa shape index (κ2) is 8.27. The number of hydrogen-bond donors (Lipinski definition) is 0. The number of piperazine rings is 1. The summed E-state index contributed by atoms with van der Waals surface area (Å²) in [5.74, 6) is 1.98. The van der Waals surface area contributed by atoms with Crippen LogP contribution in [0.4, 0.5) is 11.8 Å². The van der Waals surface area contributed by atoms with Crippen LogP contribution < -0.4 is 9.80 Å². The summed E-state index contributed by atoms with van der Waals surface area (Å²) in [5, 5.41) is 0.705. The van der Waals surface area contributed by atoms with Crippen LogP contribution in [-0.2, 0) is 6.42 Å². The molecule has 1 atom stereocenters. The molecule has 1 saturated heterocycles. The summed E-state index contributed by atoms with van der Waals surface area (Å²) in [6.07, 6.45) is 3.06. The average Bonchev–Trinajstić information content (AvgIpc) is 2.79. The standard InChI is InChI=1S/C24H24ClN5O/c1-16-23-20(14-18(15-21(23)31)17-5-7-19(25)8-6-17)28-24(27-16)30-12-10-29(11-13-30)22-4-2-3-9-26-22/h2-9,18H,10-15H2,1H3/t18-/m0/s1. The van der Waals surface area contributed by atoms with E-state index in [2.05, 4.69) is 14.8 Å². The molecule has 158 valence electrons. The topological polar surface area (TPSA) is 62.2 Å². The zero-order valence-corrected chi connectivity index (χ0v) is 18.2. The van der Waals surface area contributed by atoms with Gasteiger partial charge in [0.05, 0.1) is 17.0 Å². The molecule has 0 radical (unpaired) electrons. The van der Waals surface area contributed by atoms with Crippen LogP contribution in [0.3, 0.4) is 0 Å². The normalized spacial score (nSPS) is 18.8. The summed E-state index contributed by atoms with van der Waals surface area (Å²) in [6.45, 7) is 5.30. The van der Waals surface area contributed by atoms with Crippen molar-refractivity contribution in [1.82, 2.24) is 15.0 Å². The van der Waals surface area contributed by atoms with Gasteiger partial charge in [-0.2, -0.15) is 0 Å². The number of anilines is 2. The van der Waals surface area contributed by atoms with E-state index in [0.29, 0.717) is 17.0 Å². The maximum absolute atomic E-state index is 12.9.